The first-order valence-electron chi connectivity index (χ1n) is 4.34. The summed E-state index contributed by atoms with van der Waals surface area (Å²) in [5, 5.41) is 9.73. The smallest absolute Gasteiger partial charge is 0.224 e. The van der Waals surface area contributed by atoms with Crippen LogP contribution >= 0.6 is 11.8 Å². The zero-order chi connectivity index (χ0) is 10.6. The second kappa shape index (κ2) is 5.11. The van der Waals surface area contributed by atoms with E-state index in [1.807, 2.05) is 6.26 Å². The van der Waals surface area contributed by atoms with Gasteiger partial charge in [0.15, 0.2) is 5.16 Å². The monoisotopic (exact) mass is 214 g/mol. The fraction of sp³-hybridized carbons (Fsp3) is 0.625. The Morgan fingerprint density at radius 3 is 2.71 bits per heavy atom. The highest BCUT2D eigenvalue weighted by Gasteiger charge is 2.04. The molecule has 1 heterocycles. The lowest BCUT2D eigenvalue weighted by Gasteiger charge is -2.04. The summed E-state index contributed by atoms with van der Waals surface area (Å²) in [7, 11) is 0. The highest BCUT2D eigenvalue weighted by atomic mass is 32.2. The van der Waals surface area contributed by atoms with Crippen LogP contribution in [0.2, 0.25) is 0 Å². The average molecular weight is 214 g/mol. The Balaban J connectivity index is 2.71. The lowest BCUT2D eigenvalue weighted by atomic mass is 10.2. The largest absolute Gasteiger partial charge is 0.393 e. The van der Waals surface area contributed by atoms with Gasteiger partial charge in [-0.3, -0.25) is 0 Å². The number of hydrogen-bond donors (Lipinski definition) is 2. The molecule has 0 amide bonds. The fourth-order valence-electron chi connectivity index (χ4n) is 0.957. The van der Waals surface area contributed by atoms with E-state index in [1.54, 1.807) is 6.92 Å². The number of nitrogen functional groups attached to an aromatic ring is 1. The van der Waals surface area contributed by atoms with Crippen molar-refractivity contribution in [3.8, 4) is 0 Å². The summed E-state index contributed by atoms with van der Waals surface area (Å²) in [5.74, 6) is 0.882. The Labute approximate surface area is 87.2 Å². The quantitative estimate of drug-likeness (QED) is 0.709. The molecule has 0 spiro atoms. The Morgan fingerprint density at radius 1 is 1.43 bits per heavy atom. The van der Waals surface area contributed by atoms with Crippen molar-refractivity contribution in [3.05, 3.63) is 5.82 Å². The number of nitrogens with two attached hydrogens (primary N) is 1. The summed E-state index contributed by atoms with van der Waals surface area (Å²) in [6.45, 7) is 1.74. The van der Waals surface area contributed by atoms with Crippen LogP contribution in [0.5, 0.6) is 0 Å². The molecule has 0 aliphatic heterocycles. The molecule has 0 aliphatic carbocycles. The zero-order valence-corrected chi connectivity index (χ0v) is 9.08. The van der Waals surface area contributed by atoms with Crippen LogP contribution in [0.25, 0.3) is 0 Å². The highest BCUT2D eigenvalue weighted by Crippen LogP contribution is 2.10. The third kappa shape index (κ3) is 3.47. The van der Waals surface area contributed by atoms with E-state index in [0.29, 0.717) is 23.8 Å². The van der Waals surface area contributed by atoms with Crippen LogP contribution in [0.15, 0.2) is 5.16 Å². The number of aliphatic hydroxyl groups is 1. The van der Waals surface area contributed by atoms with Gasteiger partial charge in [0, 0.05) is 6.42 Å². The van der Waals surface area contributed by atoms with Crippen LogP contribution in [0.4, 0.5) is 5.95 Å². The molecule has 0 saturated carbocycles. The number of anilines is 1. The van der Waals surface area contributed by atoms with E-state index in [1.165, 1.54) is 11.8 Å². The van der Waals surface area contributed by atoms with Gasteiger partial charge in [0.25, 0.3) is 0 Å². The maximum Gasteiger partial charge on any atom is 0.224 e. The Kier molecular flexibility index (Phi) is 4.09. The lowest BCUT2D eigenvalue weighted by molar-refractivity contribution is 0.184. The van der Waals surface area contributed by atoms with Crippen molar-refractivity contribution < 1.29 is 5.11 Å². The molecule has 1 aromatic heterocycles. The van der Waals surface area contributed by atoms with Gasteiger partial charge >= 0.3 is 0 Å². The van der Waals surface area contributed by atoms with E-state index in [9.17, 15) is 0 Å². The zero-order valence-electron chi connectivity index (χ0n) is 8.27. The van der Waals surface area contributed by atoms with Gasteiger partial charge in [0.05, 0.1) is 6.10 Å². The number of rotatable bonds is 4. The molecule has 78 valence electrons. The number of thioether (sulfide) groups is 1. The SMILES string of the molecule is CSc1nc(N)nc(CCC(C)O)n1. The molecular formula is C8H14N4OS. The standard InChI is InChI=1S/C8H14N4OS/c1-5(13)3-4-6-10-7(9)12-8(11-6)14-2/h5,13H,3-4H2,1-2H3,(H2,9,10,11,12). The molecule has 1 rings (SSSR count). The van der Waals surface area contributed by atoms with E-state index >= 15 is 0 Å². The van der Waals surface area contributed by atoms with E-state index in [-0.39, 0.29) is 12.1 Å². The fourth-order valence-corrected chi connectivity index (χ4v) is 1.34. The molecule has 1 atom stereocenters. The number of nitrogens with zero attached hydrogens (tertiary/aromatic N) is 3. The van der Waals surface area contributed by atoms with Crippen molar-refractivity contribution in [2.24, 2.45) is 0 Å². The Morgan fingerprint density at radius 2 is 2.14 bits per heavy atom. The molecule has 0 radical (unpaired) electrons. The minimum atomic E-state index is -0.342. The van der Waals surface area contributed by atoms with Crippen LogP contribution in [0, 0.1) is 0 Å². The molecule has 1 unspecified atom stereocenters. The second-order valence-electron chi connectivity index (χ2n) is 2.98. The van der Waals surface area contributed by atoms with Gasteiger partial charge in [0.2, 0.25) is 5.95 Å². The molecule has 1 aromatic rings. The number of aryl methyl sites for hydroxylation is 1. The lowest BCUT2D eigenvalue weighted by Crippen LogP contribution is -2.08. The third-order valence-electron chi connectivity index (χ3n) is 1.65. The van der Waals surface area contributed by atoms with Crippen LogP contribution < -0.4 is 5.73 Å². The van der Waals surface area contributed by atoms with E-state index in [0.717, 1.165) is 0 Å². The second-order valence-corrected chi connectivity index (χ2v) is 3.76. The summed E-state index contributed by atoms with van der Waals surface area (Å²) in [5.41, 5.74) is 5.50. The maximum atomic E-state index is 9.10. The van der Waals surface area contributed by atoms with E-state index < -0.39 is 0 Å². The molecule has 0 bridgehead atoms. The first kappa shape index (κ1) is 11.2. The van der Waals surface area contributed by atoms with Crippen LogP contribution in [-0.4, -0.2) is 32.4 Å². The van der Waals surface area contributed by atoms with Gasteiger partial charge < -0.3 is 10.8 Å². The van der Waals surface area contributed by atoms with Crippen molar-refractivity contribution in [2.75, 3.05) is 12.0 Å². The number of hydrogen-bond acceptors (Lipinski definition) is 6. The van der Waals surface area contributed by atoms with Crippen molar-refractivity contribution in [2.45, 2.75) is 31.0 Å². The molecular weight excluding hydrogens is 200 g/mol. The van der Waals surface area contributed by atoms with Crippen molar-refractivity contribution in [3.63, 3.8) is 0 Å². The predicted molar refractivity (Wildman–Crippen MR) is 56.0 cm³/mol. The summed E-state index contributed by atoms with van der Waals surface area (Å²) in [6, 6.07) is 0. The van der Waals surface area contributed by atoms with Gasteiger partial charge in [-0.1, -0.05) is 11.8 Å². The third-order valence-corrected chi connectivity index (χ3v) is 2.19. The Bertz CT molecular complexity index is 305. The van der Waals surface area contributed by atoms with Gasteiger partial charge in [-0.05, 0) is 19.6 Å². The van der Waals surface area contributed by atoms with Crippen molar-refractivity contribution in [1.82, 2.24) is 15.0 Å². The van der Waals surface area contributed by atoms with Crippen LogP contribution in [0.1, 0.15) is 19.2 Å². The minimum absolute atomic E-state index is 0.241. The molecule has 5 nitrogen and oxygen atoms in total. The predicted octanol–water partition coefficient (Wildman–Crippen LogP) is 0.489. The molecule has 0 saturated heterocycles. The molecule has 0 aromatic carbocycles. The summed E-state index contributed by atoms with van der Waals surface area (Å²) >= 11 is 1.43. The number of aliphatic hydroxyl groups excluding tert-OH is 1. The van der Waals surface area contributed by atoms with E-state index in [4.69, 9.17) is 10.8 Å². The average Bonchev–Trinajstić information content (AvgIpc) is 2.14. The van der Waals surface area contributed by atoms with Crippen LogP contribution in [-0.2, 0) is 6.42 Å². The van der Waals surface area contributed by atoms with Gasteiger partial charge in [-0.15, -0.1) is 0 Å². The first-order chi connectivity index (χ1) is 6.61. The molecule has 14 heavy (non-hydrogen) atoms. The molecule has 0 aliphatic rings. The van der Waals surface area contributed by atoms with E-state index in [2.05, 4.69) is 15.0 Å². The van der Waals surface area contributed by atoms with Crippen molar-refractivity contribution >= 4 is 17.7 Å². The molecule has 6 heteroatoms. The molecule has 0 fully saturated rings. The number of aromatic nitrogens is 3. The summed E-state index contributed by atoms with van der Waals surface area (Å²) < 4.78 is 0. The molecule has 3 N–H and O–H groups in total. The van der Waals surface area contributed by atoms with Crippen molar-refractivity contribution in [1.29, 1.82) is 0 Å². The van der Waals surface area contributed by atoms with Gasteiger partial charge in [-0.2, -0.15) is 9.97 Å². The Hall–Kier alpha value is -0.880. The maximum absolute atomic E-state index is 9.10. The first-order valence-corrected chi connectivity index (χ1v) is 5.56. The summed E-state index contributed by atoms with van der Waals surface area (Å²) in [6.07, 6.45) is 2.80. The van der Waals surface area contributed by atoms with Gasteiger partial charge in [-0.25, -0.2) is 4.98 Å². The highest BCUT2D eigenvalue weighted by molar-refractivity contribution is 7.98. The summed E-state index contributed by atoms with van der Waals surface area (Å²) in [4.78, 5) is 12.1. The van der Waals surface area contributed by atoms with Gasteiger partial charge in [0.1, 0.15) is 5.82 Å². The van der Waals surface area contributed by atoms with Crippen LogP contribution in [0.3, 0.4) is 0 Å². The topological polar surface area (TPSA) is 84.9 Å². The minimum Gasteiger partial charge on any atom is -0.393 e. The normalized spacial score (nSPS) is 12.8.